The fraction of sp³-hybridized carbons (Fsp3) is 0.200. The molecule has 0 spiro atoms. The summed E-state index contributed by atoms with van der Waals surface area (Å²) in [5.41, 5.74) is 1.92. The maximum Gasteiger partial charge on any atom is 0.259 e. The molecule has 0 aliphatic carbocycles. The zero-order valence-corrected chi connectivity index (χ0v) is 18.0. The smallest absolute Gasteiger partial charge is 0.259 e. The number of hydrogen-bond acceptors (Lipinski definition) is 4. The van der Waals surface area contributed by atoms with E-state index in [1.165, 1.54) is 17.8 Å². The third-order valence-electron chi connectivity index (χ3n) is 5.08. The van der Waals surface area contributed by atoms with Crippen LogP contribution >= 0.6 is 11.8 Å². The van der Waals surface area contributed by atoms with Gasteiger partial charge in [0.1, 0.15) is 12.4 Å². The van der Waals surface area contributed by atoms with Gasteiger partial charge in [0, 0.05) is 18.8 Å². The molecule has 5 nitrogen and oxygen atoms in total. The summed E-state index contributed by atoms with van der Waals surface area (Å²) in [6.45, 7) is 2.89. The second-order valence-corrected chi connectivity index (χ2v) is 8.61. The Bertz CT molecular complexity index is 1130. The van der Waals surface area contributed by atoms with Crippen LogP contribution in [0, 0.1) is 5.92 Å². The summed E-state index contributed by atoms with van der Waals surface area (Å²) in [7, 11) is 0. The normalized spacial score (nSPS) is 17.8. The van der Waals surface area contributed by atoms with Crippen molar-refractivity contribution in [1.29, 1.82) is 0 Å². The van der Waals surface area contributed by atoms with E-state index >= 15 is 0 Å². The number of allylic oxidation sites excluding steroid dienone is 1. The van der Waals surface area contributed by atoms with E-state index in [9.17, 15) is 9.59 Å². The number of ether oxygens (including phenoxy) is 1. The summed E-state index contributed by atoms with van der Waals surface area (Å²) in [5.74, 6) is 0.527. The Kier molecular flexibility index (Phi) is 6.57. The van der Waals surface area contributed by atoms with Gasteiger partial charge in [-0.25, -0.2) is 0 Å². The summed E-state index contributed by atoms with van der Waals surface area (Å²) in [6.07, 6.45) is 3.68. The number of hydrogen-bond donors (Lipinski definition) is 1. The lowest BCUT2D eigenvalue weighted by Gasteiger charge is -2.15. The highest BCUT2D eigenvalue weighted by Gasteiger charge is 2.32. The van der Waals surface area contributed by atoms with E-state index in [0.717, 1.165) is 16.2 Å². The summed E-state index contributed by atoms with van der Waals surface area (Å²) in [6, 6.07) is 22.9. The van der Waals surface area contributed by atoms with Crippen LogP contribution in [0.4, 0.5) is 0 Å². The van der Waals surface area contributed by atoms with Gasteiger partial charge in [-0.1, -0.05) is 79.3 Å². The monoisotopic (exact) mass is 432 g/mol. The Morgan fingerprint density at radius 3 is 2.39 bits per heavy atom. The van der Waals surface area contributed by atoms with Crippen molar-refractivity contribution in [2.24, 2.45) is 5.92 Å². The molecule has 0 fully saturated rings. The number of pyridine rings is 1. The van der Waals surface area contributed by atoms with Crippen LogP contribution in [0.1, 0.15) is 18.1 Å². The van der Waals surface area contributed by atoms with Gasteiger partial charge >= 0.3 is 0 Å². The maximum absolute atomic E-state index is 12.7. The summed E-state index contributed by atoms with van der Waals surface area (Å²) in [4.78, 5) is 25.4. The van der Waals surface area contributed by atoms with Crippen molar-refractivity contribution in [3.05, 3.63) is 107 Å². The van der Waals surface area contributed by atoms with Gasteiger partial charge < -0.3 is 10.1 Å². The molecular formula is C25H24N2O3S. The third-order valence-corrected chi connectivity index (χ3v) is 6.55. The van der Waals surface area contributed by atoms with Crippen molar-refractivity contribution in [2.75, 3.05) is 0 Å². The van der Waals surface area contributed by atoms with Crippen LogP contribution in [0.25, 0.3) is 5.03 Å². The summed E-state index contributed by atoms with van der Waals surface area (Å²) in [5, 5.41) is 3.50. The van der Waals surface area contributed by atoms with Gasteiger partial charge in [0.2, 0.25) is 5.91 Å². The van der Waals surface area contributed by atoms with Gasteiger partial charge in [0.05, 0.1) is 10.3 Å². The molecule has 0 saturated heterocycles. The van der Waals surface area contributed by atoms with E-state index < -0.39 is 0 Å². The Morgan fingerprint density at radius 2 is 1.71 bits per heavy atom. The SMILES string of the molecule is CC1C=C(n2ccc(OCc3ccccc3)cc2=O)SC1C(=O)NCc1ccccc1. The van der Waals surface area contributed by atoms with Crippen LogP contribution in [-0.4, -0.2) is 15.7 Å². The van der Waals surface area contributed by atoms with Crippen LogP contribution in [0.2, 0.25) is 0 Å². The van der Waals surface area contributed by atoms with Crippen molar-refractivity contribution in [3.63, 3.8) is 0 Å². The molecule has 0 bridgehead atoms. The molecular weight excluding hydrogens is 408 g/mol. The van der Waals surface area contributed by atoms with Gasteiger partial charge in [0.25, 0.3) is 5.56 Å². The van der Waals surface area contributed by atoms with Crippen molar-refractivity contribution >= 4 is 22.7 Å². The van der Waals surface area contributed by atoms with Gasteiger partial charge in [-0.2, -0.15) is 0 Å². The average molecular weight is 433 g/mol. The van der Waals surface area contributed by atoms with E-state index in [1.807, 2.05) is 73.7 Å². The lowest BCUT2D eigenvalue weighted by atomic mass is 10.1. The Hall–Kier alpha value is -3.25. The predicted molar refractivity (Wildman–Crippen MR) is 125 cm³/mol. The first-order valence-corrected chi connectivity index (χ1v) is 11.1. The van der Waals surface area contributed by atoms with Gasteiger partial charge in [0.15, 0.2) is 0 Å². The first-order chi connectivity index (χ1) is 15.1. The van der Waals surface area contributed by atoms with Crippen molar-refractivity contribution in [3.8, 4) is 5.75 Å². The summed E-state index contributed by atoms with van der Waals surface area (Å²) >= 11 is 1.42. The average Bonchev–Trinajstić information content (AvgIpc) is 3.19. The topological polar surface area (TPSA) is 60.3 Å². The second-order valence-electron chi connectivity index (χ2n) is 7.45. The Labute approximate surface area is 185 Å². The number of amides is 1. The molecule has 158 valence electrons. The molecule has 2 unspecified atom stereocenters. The van der Waals surface area contributed by atoms with E-state index in [4.69, 9.17) is 4.74 Å². The zero-order chi connectivity index (χ0) is 21.6. The van der Waals surface area contributed by atoms with E-state index in [1.54, 1.807) is 16.8 Å². The molecule has 0 radical (unpaired) electrons. The van der Waals surface area contributed by atoms with E-state index in [-0.39, 0.29) is 22.6 Å². The molecule has 4 rings (SSSR count). The standard InChI is InChI=1S/C25H24N2O3S/c1-18-14-23(31-24(18)25(29)26-16-19-8-4-2-5-9-19)27-13-12-21(15-22(27)28)30-17-20-10-6-3-7-11-20/h2-15,18,24H,16-17H2,1H3,(H,26,29). The molecule has 3 aromatic rings. The fourth-order valence-corrected chi connectivity index (χ4v) is 4.68. The molecule has 2 aromatic carbocycles. The lowest BCUT2D eigenvalue weighted by molar-refractivity contribution is -0.121. The number of thioether (sulfide) groups is 1. The number of rotatable bonds is 7. The molecule has 1 aliphatic heterocycles. The van der Waals surface area contributed by atoms with Gasteiger partial charge in [-0.15, -0.1) is 0 Å². The molecule has 2 atom stereocenters. The van der Waals surface area contributed by atoms with Crippen LogP contribution in [0.3, 0.4) is 0 Å². The van der Waals surface area contributed by atoms with Crippen LogP contribution < -0.4 is 15.6 Å². The molecule has 2 heterocycles. The third kappa shape index (κ3) is 5.27. The quantitative estimate of drug-likeness (QED) is 0.605. The number of nitrogens with zero attached hydrogens (tertiary/aromatic N) is 1. The minimum absolute atomic E-state index is 0.0246. The molecule has 1 amide bonds. The molecule has 0 saturated carbocycles. The van der Waals surface area contributed by atoms with Gasteiger partial charge in [-0.05, 0) is 29.2 Å². The van der Waals surface area contributed by atoms with E-state index in [0.29, 0.717) is 18.9 Å². The highest BCUT2D eigenvalue weighted by atomic mass is 32.2. The van der Waals surface area contributed by atoms with Crippen LogP contribution in [0.15, 0.2) is 89.9 Å². The first kappa shape index (κ1) is 21.0. The largest absolute Gasteiger partial charge is 0.489 e. The highest BCUT2D eigenvalue weighted by Crippen LogP contribution is 2.38. The first-order valence-electron chi connectivity index (χ1n) is 10.2. The Morgan fingerprint density at radius 1 is 1.03 bits per heavy atom. The number of benzene rings is 2. The van der Waals surface area contributed by atoms with E-state index in [2.05, 4.69) is 5.32 Å². The predicted octanol–water partition coefficient (Wildman–Crippen LogP) is 4.29. The van der Waals surface area contributed by atoms with Crippen LogP contribution in [0.5, 0.6) is 5.75 Å². The number of carbonyl (C=O) groups is 1. The fourth-order valence-electron chi connectivity index (χ4n) is 3.38. The van der Waals surface area contributed by atoms with Crippen molar-refractivity contribution in [2.45, 2.75) is 25.3 Å². The molecule has 1 aromatic heterocycles. The molecule has 1 N–H and O–H groups in total. The lowest BCUT2D eigenvalue weighted by Crippen LogP contribution is -2.34. The highest BCUT2D eigenvalue weighted by molar-refractivity contribution is 8.09. The number of carbonyl (C=O) groups excluding carboxylic acids is 1. The van der Waals surface area contributed by atoms with Crippen LogP contribution in [-0.2, 0) is 17.9 Å². The minimum atomic E-state index is -0.264. The molecule has 6 heteroatoms. The second kappa shape index (κ2) is 9.71. The minimum Gasteiger partial charge on any atom is -0.489 e. The van der Waals surface area contributed by atoms with Crippen molar-refractivity contribution < 1.29 is 9.53 Å². The molecule has 1 aliphatic rings. The maximum atomic E-state index is 12.7. The zero-order valence-electron chi connectivity index (χ0n) is 17.2. The van der Waals surface area contributed by atoms with Crippen molar-refractivity contribution in [1.82, 2.24) is 9.88 Å². The van der Waals surface area contributed by atoms with Gasteiger partial charge in [-0.3, -0.25) is 14.2 Å². The molecule has 31 heavy (non-hydrogen) atoms. The number of nitrogens with one attached hydrogen (secondary N) is 1. The Balaban J connectivity index is 1.37. The number of aromatic nitrogens is 1. The summed E-state index contributed by atoms with van der Waals surface area (Å²) < 4.78 is 7.31.